The molecule has 0 aliphatic carbocycles. The van der Waals surface area contributed by atoms with Crippen LogP contribution in [0, 0.1) is 29.6 Å². The molecule has 0 bridgehead atoms. The normalized spacial score (nSPS) is 11.4. The highest BCUT2D eigenvalue weighted by molar-refractivity contribution is 6.10. The minimum atomic E-state index is -4.40. The summed E-state index contributed by atoms with van der Waals surface area (Å²) in [6, 6.07) is 27.1. The second kappa shape index (κ2) is 9.37. The van der Waals surface area contributed by atoms with E-state index in [4.69, 9.17) is 5.26 Å². The quantitative estimate of drug-likeness (QED) is 0.233. The molecule has 0 spiro atoms. The fourth-order valence-electron chi connectivity index (χ4n) is 5.10. The number of nitriles is 2. The van der Waals surface area contributed by atoms with Crippen molar-refractivity contribution in [2.75, 3.05) is 0 Å². The Kier molecular flexibility index (Phi) is 5.82. The van der Waals surface area contributed by atoms with Crippen LogP contribution in [-0.2, 0) is 6.18 Å². The smallest absolute Gasteiger partial charge is 0.308 e. The van der Waals surface area contributed by atoms with Crippen molar-refractivity contribution < 1.29 is 13.2 Å². The summed E-state index contributed by atoms with van der Waals surface area (Å²) in [5, 5.41) is 20.9. The molecule has 6 rings (SSSR count). The number of rotatable bonds is 3. The zero-order valence-electron chi connectivity index (χ0n) is 21.0. The molecule has 0 N–H and O–H groups in total. The Balaban J connectivity index is 1.52. The molecule has 0 radical (unpaired) electrons. The number of halogens is 3. The number of hydrogen-bond acceptors (Lipinski definition) is 4. The first-order valence-electron chi connectivity index (χ1n) is 12.3. The zero-order valence-corrected chi connectivity index (χ0v) is 21.0. The zero-order chi connectivity index (χ0) is 28.0. The summed E-state index contributed by atoms with van der Waals surface area (Å²) in [4.78, 5) is 8.05. The van der Waals surface area contributed by atoms with E-state index in [1.54, 1.807) is 25.4 Å². The minimum Gasteiger partial charge on any atom is -0.308 e. The number of para-hydroxylation sites is 1. The molecular formula is C32H18F3N5. The molecule has 0 fully saturated rings. The van der Waals surface area contributed by atoms with E-state index in [1.165, 1.54) is 12.1 Å². The Morgan fingerprint density at radius 2 is 1.45 bits per heavy atom. The summed E-state index contributed by atoms with van der Waals surface area (Å²) in [5.74, 6) is 0.0667. The third kappa shape index (κ3) is 4.13. The second-order valence-electron chi connectivity index (χ2n) is 9.36. The molecule has 0 unspecified atom stereocenters. The molecule has 40 heavy (non-hydrogen) atoms. The van der Waals surface area contributed by atoms with E-state index in [2.05, 4.69) is 16.0 Å². The van der Waals surface area contributed by atoms with E-state index in [1.807, 2.05) is 65.2 Å². The maximum absolute atomic E-state index is 13.2. The summed E-state index contributed by atoms with van der Waals surface area (Å²) in [5.41, 5.74) is 5.68. The molecular weight excluding hydrogens is 511 g/mol. The van der Waals surface area contributed by atoms with Gasteiger partial charge in [-0.15, -0.1) is 0 Å². The molecule has 4 aromatic carbocycles. The summed E-state index contributed by atoms with van der Waals surface area (Å²) in [6.07, 6.45) is -1.30. The number of alkyl halides is 3. The average Bonchev–Trinajstić information content (AvgIpc) is 3.30. The number of aromatic nitrogens is 3. The lowest BCUT2D eigenvalue weighted by molar-refractivity contribution is -0.137. The molecule has 0 saturated heterocycles. The molecule has 0 atom stereocenters. The van der Waals surface area contributed by atoms with E-state index in [9.17, 15) is 18.4 Å². The van der Waals surface area contributed by atoms with Gasteiger partial charge >= 0.3 is 6.18 Å². The van der Waals surface area contributed by atoms with Gasteiger partial charge in [-0.05, 0) is 71.6 Å². The SMILES string of the molecule is Cc1cc(C(F)(F)F)ccc1-c1ccc2c(c1)c1ccccc1n2-c1ccc(-c2cnc(C#N)nc2)cc1C#N. The van der Waals surface area contributed by atoms with E-state index < -0.39 is 11.7 Å². The first-order valence-corrected chi connectivity index (χ1v) is 12.3. The maximum Gasteiger partial charge on any atom is 0.416 e. The molecule has 0 aliphatic rings. The standard InChI is InChI=1S/C32H18F3N5/c1-19-12-24(32(33,34)35)8-9-25(19)21-7-11-30-27(14-21)26-4-2-3-5-29(26)40(30)28-10-6-20(13-22(28)15-36)23-17-38-31(16-37)39-18-23/h2-14,17-18H,1H3. The summed E-state index contributed by atoms with van der Waals surface area (Å²) >= 11 is 0. The van der Waals surface area contributed by atoms with Gasteiger partial charge in [0.15, 0.2) is 0 Å². The molecule has 0 saturated carbocycles. The number of benzene rings is 4. The van der Waals surface area contributed by atoms with Crippen molar-refractivity contribution in [1.29, 1.82) is 10.5 Å². The van der Waals surface area contributed by atoms with Gasteiger partial charge in [0, 0.05) is 28.7 Å². The van der Waals surface area contributed by atoms with Crippen molar-refractivity contribution in [2.24, 2.45) is 0 Å². The fourth-order valence-corrected chi connectivity index (χ4v) is 5.10. The van der Waals surface area contributed by atoms with Crippen molar-refractivity contribution in [3.8, 4) is 40.1 Å². The largest absolute Gasteiger partial charge is 0.416 e. The fraction of sp³-hybridized carbons (Fsp3) is 0.0625. The number of nitrogens with zero attached hydrogens (tertiary/aromatic N) is 5. The lowest BCUT2D eigenvalue weighted by Crippen LogP contribution is -2.05. The van der Waals surface area contributed by atoms with Crippen LogP contribution in [0.4, 0.5) is 13.2 Å². The Bertz CT molecular complexity index is 2020. The van der Waals surface area contributed by atoms with Crippen molar-refractivity contribution in [2.45, 2.75) is 13.1 Å². The molecule has 5 nitrogen and oxygen atoms in total. The molecule has 8 heteroatoms. The molecule has 0 amide bonds. The van der Waals surface area contributed by atoms with E-state index in [0.717, 1.165) is 44.6 Å². The van der Waals surface area contributed by atoms with Gasteiger partial charge in [0.25, 0.3) is 0 Å². The van der Waals surface area contributed by atoms with E-state index >= 15 is 0 Å². The van der Waals surface area contributed by atoms with Crippen LogP contribution in [0.3, 0.4) is 0 Å². The Morgan fingerprint density at radius 3 is 2.15 bits per heavy atom. The lowest BCUT2D eigenvalue weighted by atomic mass is 9.97. The Labute approximate surface area is 227 Å². The van der Waals surface area contributed by atoms with Crippen LogP contribution < -0.4 is 0 Å². The van der Waals surface area contributed by atoms with Crippen LogP contribution >= 0.6 is 0 Å². The van der Waals surface area contributed by atoms with E-state index in [-0.39, 0.29) is 5.82 Å². The van der Waals surface area contributed by atoms with Gasteiger partial charge in [-0.1, -0.05) is 36.4 Å². The monoisotopic (exact) mass is 529 g/mol. The van der Waals surface area contributed by atoms with Gasteiger partial charge in [0.1, 0.15) is 12.1 Å². The van der Waals surface area contributed by atoms with Crippen molar-refractivity contribution in [3.05, 3.63) is 114 Å². The van der Waals surface area contributed by atoms with Crippen molar-refractivity contribution >= 4 is 21.8 Å². The minimum absolute atomic E-state index is 0.0667. The predicted molar refractivity (Wildman–Crippen MR) is 146 cm³/mol. The molecule has 0 aliphatic heterocycles. The highest BCUT2D eigenvalue weighted by atomic mass is 19.4. The second-order valence-corrected chi connectivity index (χ2v) is 9.36. The van der Waals surface area contributed by atoms with Crippen LogP contribution in [0.1, 0.15) is 22.5 Å². The van der Waals surface area contributed by atoms with Crippen LogP contribution in [0.15, 0.2) is 91.3 Å². The Morgan fingerprint density at radius 1 is 0.725 bits per heavy atom. The van der Waals surface area contributed by atoms with Crippen LogP contribution in [0.5, 0.6) is 0 Å². The van der Waals surface area contributed by atoms with Gasteiger partial charge < -0.3 is 4.57 Å². The third-order valence-corrected chi connectivity index (χ3v) is 6.98. The highest BCUT2D eigenvalue weighted by Crippen LogP contribution is 2.38. The molecule has 2 aromatic heterocycles. The van der Waals surface area contributed by atoms with Crippen LogP contribution in [-0.4, -0.2) is 14.5 Å². The first kappa shape index (κ1) is 24.8. The van der Waals surface area contributed by atoms with E-state index in [0.29, 0.717) is 22.4 Å². The Hall–Kier alpha value is -5.47. The highest BCUT2D eigenvalue weighted by Gasteiger charge is 2.30. The maximum atomic E-state index is 13.2. The van der Waals surface area contributed by atoms with Crippen molar-refractivity contribution in [3.63, 3.8) is 0 Å². The average molecular weight is 530 g/mol. The number of aryl methyl sites for hydroxylation is 1. The summed E-state index contributed by atoms with van der Waals surface area (Å²) in [6.45, 7) is 1.68. The summed E-state index contributed by atoms with van der Waals surface area (Å²) < 4.78 is 41.7. The number of fused-ring (bicyclic) bond motifs is 3. The van der Waals surface area contributed by atoms with Gasteiger partial charge in [-0.2, -0.15) is 23.7 Å². The van der Waals surface area contributed by atoms with Crippen LogP contribution in [0.2, 0.25) is 0 Å². The first-order chi connectivity index (χ1) is 19.3. The molecule has 2 heterocycles. The predicted octanol–water partition coefficient (Wildman–Crippen LogP) is 7.98. The van der Waals surface area contributed by atoms with Gasteiger partial charge in [0.05, 0.1) is 27.8 Å². The molecule has 192 valence electrons. The molecule has 6 aromatic rings. The van der Waals surface area contributed by atoms with Gasteiger partial charge in [0.2, 0.25) is 5.82 Å². The topological polar surface area (TPSA) is 78.3 Å². The third-order valence-electron chi connectivity index (χ3n) is 6.98. The summed E-state index contributed by atoms with van der Waals surface area (Å²) in [7, 11) is 0. The van der Waals surface area contributed by atoms with Crippen LogP contribution in [0.25, 0.3) is 49.7 Å². The van der Waals surface area contributed by atoms with Gasteiger partial charge in [-0.25, -0.2) is 9.97 Å². The lowest BCUT2D eigenvalue weighted by Gasteiger charge is -2.13. The van der Waals surface area contributed by atoms with Crippen molar-refractivity contribution in [1.82, 2.24) is 14.5 Å². The van der Waals surface area contributed by atoms with Gasteiger partial charge in [-0.3, -0.25) is 0 Å². The number of hydrogen-bond donors (Lipinski definition) is 0.